The lowest BCUT2D eigenvalue weighted by atomic mass is 10.1. The van der Waals surface area contributed by atoms with Gasteiger partial charge in [-0.1, -0.05) is 24.3 Å². The maximum atomic E-state index is 13.2. The Labute approximate surface area is 179 Å². The van der Waals surface area contributed by atoms with Crippen molar-refractivity contribution in [1.29, 1.82) is 0 Å². The number of amides is 1. The van der Waals surface area contributed by atoms with Gasteiger partial charge in [0.25, 0.3) is 5.91 Å². The van der Waals surface area contributed by atoms with Gasteiger partial charge in [-0.05, 0) is 36.8 Å². The maximum Gasteiger partial charge on any atom is 0.418 e. The van der Waals surface area contributed by atoms with E-state index in [0.717, 1.165) is 11.6 Å². The van der Waals surface area contributed by atoms with E-state index < -0.39 is 27.7 Å². The van der Waals surface area contributed by atoms with Crippen LogP contribution in [0, 0.1) is 0 Å². The van der Waals surface area contributed by atoms with Crippen LogP contribution in [0.15, 0.2) is 48.5 Å². The van der Waals surface area contributed by atoms with E-state index in [4.69, 9.17) is 0 Å². The first-order chi connectivity index (χ1) is 14.6. The highest BCUT2D eigenvalue weighted by atomic mass is 32.2. The molecule has 1 fully saturated rings. The zero-order valence-corrected chi connectivity index (χ0v) is 17.8. The number of hydrogen-bond acceptors (Lipinski definition) is 4. The van der Waals surface area contributed by atoms with E-state index in [2.05, 4.69) is 10.2 Å². The Bertz CT molecular complexity index is 1030. The molecule has 1 saturated heterocycles. The third-order valence-electron chi connectivity index (χ3n) is 5.17. The van der Waals surface area contributed by atoms with Gasteiger partial charge in [0.2, 0.25) is 10.0 Å². The summed E-state index contributed by atoms with van der Waals surface area (Å²) < 4.78 is 64.9. The van der Waals surface area contributed by atoms with Gasteiger partial charge in [0, 0.05) is 38.3 Å². The van der Waals surface area contributed by atoms with Crippen molar-refractivity contribution in [2.45, 2.75) is 19.6 Å². The smallest absolute Gasteiger partial charge is 0.321 e. The highest BCUT2D eigenvalue weighted by Gasteiger charge is 2.33. The molecule has 2 aromatic rings. The number of anilines is 1. The lowest BCUT2D eigenvalue weighted by Gasteiger charge is -2.33. The molecule has 31 heavy (non-hydrogen) atoms. The number of hydrogen-bond donors (Lipinski definition) is 1. The lowest BCUT2D eigenvalue weighted by molar-refractivity contribution is -0.136. The van der Waals surface area contributed by atoms with Crippen molar-refractivity contribution in [3.05, 3.63) is 65.2 Å². The van der Waals surface area contributed by atoms with Crippen molar-refractivity contribution in [2.75, 3.05) is 37.2 Å². The molecule has 6 nitrogen and oxygen atoms in total. The molecule has 0 unspecified atom stereocenters. The van der Waals surface area contributed by atoms with E-state index in [9.17, 15) is 26.4 Å². The summed E-state index contributed by atoms with van der Waals surface area (Å²) in [6, 6.07) is 11.5. The van der Waals surface area contributed by atoms with Crippen molar-refractivity contribution in [2.24, 2.45) is 0 Å². The Morgan fingerprint density at radius 2 is 1.71 bits per heavy atom. The monoisotopic (exact) mass is 455 g/mol. The molecule has 0 aliphatic carbocycles. The molecule has 1 N–H and O–H groups in total. The fourth-order valence-corrected chi connectivity index (χ4v) is 4.54. The molecule has 0 radical (unpaired) electrons. The number of rotatable bonds is 6. The summed E-state index contributed by atoms with van der Waals surface area (Å²) in [5.74, 6) is -0.556. The van der Waals surface area contributed by atoms with Gasteiger partial charge in [0.05, 0.1) is 17.0 Å². The van der Waals surface area contributed by atoms with Crippen LogP contribution in [0.25, 0.3) is 0 Å². The lowest BCUT2D eigenvalue weighted by Crippen LogP contribution is -2.48. The van der Waals surface area contributed by atoms with Crippen LogP contribution in [0.2, 0.25) is 0 Å². The van der Waals surface area contributed by atoms with Gasteiger partial charge in [-0.2, -0.15) is 17.5 Å². The molecule has 168 valence electrons. The fraction of sp³-hybridized carbons (Fsp3) is 0.381. The van der Waals surface area contributed by atoms with Crippen molar-refractivity contribution in [1.82, 2.24) is 9.21 Å². The third kappa shape index (κ3) is 5.84. The molecule has 0 spiro atoms. The van der Waals surface area contributed by atoms with Crippen LogP contribution in [0.4, 0.5) is 18.9 Å². The molecule has 2 aromatic carbocycles. The first kappa shape index (κ1) is 23.2. The van der Waals surface area contributed by atoms with Crippen LogP contribution in [0.1, 0.15) is 28.4 Å². The molecule has 1 aliphatic rings. The van der Waals surface area contributed by atoms with Crippen molar-refractivity contribution in [3.63, 3.8) is 0 Å². The van der Waals surface area contributed by atoms with Crippen LogP contribution >= 0.6 is 0 Å². The fourth-order valence-electron chi connectivity index (χ4n) is 3.45. The minimum Gasteiger partial charge on any atom is -0.321 e. The van der Waals surface area contributed by atoms with E-state index in [-0.39, 0.29) is 17.0 Å². The number of para-hydroxylation sites is 1. The minimum absolute atomic E-state index is 0.0711. The van der Waals surface area contributed by atoms with Crippen molar-refractivity contribution < 1.29 is 26.4 Å². The molecule has 1 heterocycles. The number of nitrogens with one attached hydrogen (secondary N) is 1. The van der Waals surface area contributed by atoms with E-state index >= 15 is 0 Å². The summed E-state index contributed by atoms with van der Waals surface area (Å²) in [4.78, 5) is 14.6. The standard InChI is InChI=1S/C21H24F3N3O3S/c1-2-31(29,30)27-12-10-26(11-13-27)15-16-6-5-7-17(14-16)20(28)25-19-9-4-3-8-18(19)21(22,23)24/h3-9,14H,2,10-13,15H2,1H3,(H,25,28). The first-order valence-corrected chi connectivity index (χ1v) is 11.5. The van der Waals surface area contributed by atoms with Crippen molar-refractivity contribution >= 4 is 21.6 Å². The zero-order chi connectivity index (χ0) is 22.6. The average Bonchev–Trinajstić information content (AvgIpc) is 2.74. The predicted molar refractivity (Wildman–Crippen MR) is 112 cm³/mol. The maximum absolute atomic E-state index is 13.2. The molecule has 0 aromatic heterocycles. The summed E-state index contributed by atoms with van der Waals surface area (Å²) in [6.07, 6.45) is -4.57. The minimum atomic E-state index is -4.57. The highest BCUT2D eigenvalue weighted by Crippen LogP contribution is 2.34. The van der Waals surface area contributed by atoms with Gasteiger partial charge in [-0.3, -0.25) is 9.69 Å². The van der Waals surface area contributed by atoms with Gasteiger partial charge in [0.15, 0.2) is 0 Å². The summed E-state index contributed by atoms with van der Waals surface area (Å²) in [5, 5.41) is 2.35. The molecular formula is C21H24F3N3O3S. The number of halogens is 3. The number of alkyl halides is 3. The summed E-state index contributed by atoms with van der Waals surface area (Å²) >= 11 is 0. The summed E-state index contributed by atoms with van der Waals surface area (Å²) in [5.41, 5.74) is -0.122. The van der Waals surface area contributed by atoms with Crippen molar-refractivity contribution in [3.8, 4) is 0 Å². The SMILES string of the molecule is CCS(=O)(=O)N1CCN(Cc2cccc(C(=O)Nc3ccccc3C(F)(F)F)c2)CC1. The van der Waals surface area contributed by atoms with E-state index in [1.807, 2.05) is 6.07 Å². The average molecular weight is 456 g/mol. The van der Waals surface area contributed by atoms with E-state index in [1.165, 1.54) is 22.5 Å². The van der Waals surface area contributed by atoms with Gasteiger partial charge < -0.3 is 5.32 Å². The number of carbonyl (C=O) groups is 1. The Balaban J connectivity index is 1.66. The molecule has 1 aliphatic heterocycles. The van der Waals surface area contributed by atoms with Crippen LogP contribution in [-0.4, -0.2) is 55.5 Å². The number of benzene rings is 2. The zero-order valence-electron chi connectivity index (χ0n) is 17.0. The molecule has 0 atom stereocenters. The number of carbonyl (C=O) groups excluding carboxylic acids is 1. The van der Waals surface area contributed by atoms with Crippen LogP contribution in [-0.2, 0) is 22.7 Å². The largest absolute Gasteiger partial charge is 0.418 e. The third-order valence-corrected chi connectivity index (χ3v) is 7.05. The normalized spacial score (nSPS) is 16.3. The topological polar surface area (TPSA) is 69.7 Å². The van der Waals surface area contributed by atoms with Gasteiger partial charge >= 0.3 is 6.18 Å². The van der Waals surface area contributed by atoms with Crippen LogP contribution in [0.3, 0.4) is 0 Å². The van der Waals surface area contributed by atoms with E-state index in [0.29, 0.717) is 32.7 Å². The highest BCUT2D eigenvalue weighted by molar-refractivity contribution is 7.89. The second-order valence-corrected chi connectivity index (χ2v) is 9.53. The first-order valence-electron chi connectivity index (χ1n) is 9.87. The van der Waals surface area contributed by atoms with Gasteiger partial charge in [-0.15, -0.1) is 0 Å². The van der Waals surface area contributed by atoms with Crippen LogP contribution < -0.4 is 5.32 Å². The number of nitrogens with zero attached hydrogens (tertiary/aromatic N) is 2. The molecule has 3 rings (SSSR count). The molecule has 0 bridgehead atoms. The van der Waals surface area contributed by atoms with Gasteiger partial charge in [-0.25, -0.2) is 8.42 Å². The predicted octanol–water partition coefficient (Wildman–Crippen LogP) is 3.43. The second kappa shape index (κ2) is 9.37. The Hall–Kier alpha value is -2.43. The van der Waals surface area contributed by atoms with Crippen LogP contribution in [0.5, 0.6) is 0 Å². The molecule has 0 saturated carbocycles. The summed E-state index contributed by atoms with van der Waals surface area (Å²) in [7, 11) is -3.21. The second-order valence-electron chi connectivity index (χ2n) is 7.27. The number of piperazine rings is 1. The number of sulfonamides is 1. The van der Waals surface area contributed by atoms with Gasteiger partial charge in [0.1, 0.15) is 0 Å². The van der Waals surface area contributed by atoms with E-state index in [1.54, 1.807) is 25.1 Å². The molecule has 1 amide bonds. The Morgan fingerprint density at radius 3 is 2.35 bits per heavy atom. The Kier molecular flexibility index (Phi) is 7.03. The molecule has 10 heteroatoms. The summed E-state index contributed by atoms with van der Waals surface area (Å²) in [6.45, 7) is 4.07. The Morgan fingerprint density at radius 1 is 1.03 bits per heavy atom. The quantitative estimate of drug-likeness (QED) is 0.725. The molecular weight excluding hydrogens is 431 g/mol.